The molecule has 1 unspecified atom stereocenters. The minimum absolute atomic E-state index is 0.00987. The van der Waals surface area contributed by atoms with Gasteiger partial charge in [-0.1, -0.05) is 62.4 Å². The van der Waals surface area contributed by atoms with Gasteiger partial charge in [0, 0.05) is 25.4 Å². The minimum Gasteiger partial charge on any atom is -0.481 e. The summed E-state index contributed by atoms with van der Waals surface area (Å²) in [5, 5.41) is 14.3. The van der Waals surface area contributed by atoms with E-state index in [1.165, 1.54) is 0 Å². The Morgan fingerprint density at radius 1 is 0.969 bits per heavy atom. The number of benzene rings is 2. The standard InChI is InChI=1S/C25H30N2O5/c1-16(2)17(13-24(29)30)14-27-23(28)11-12-26-25(31)32-15-22-20-9-5-3-7-18(20)19-8-4-6-10-21(19)22/h3-10,16-17,22H,11-15H2,1-2H3,(H,26,31)(H,27,28)(H,29,30). The molecule has 1 atom stereocenters. The molecule has 0 fully saturated rings. The second-order valence-electron chi connectivity index (χ2n) is 8.41. The molecule has 0 radical (unpaired) electrons. The lowest BCUT2D eigenvalue weighted by Crippen LogP contribution is -2.35. The first-order chi connectivity index (χ1) is 15.4. The summed E-state index contributed by atoms with van der Waals surface area (Å²) >= 11 is 0. The maximum atomic E-state index is 12.2. The number of carboxylic acid groups (broad SMARTS) is 1. The number of amides is 2. The van der Waals surface area contributed by atoms with E-state index in [4.69, 9.17) is 9.84 Å². The van der Waals surface area contributed by atoms with Gasteiger partial charge in [0.15, 0.2) is 0 Å². The number of carboxylic acids is 1. The maximum Gasteiger partial charge on any atom is 0.407 e. The number of aliphatic carboxylic acids is 1. The third-order valence-electron chi connectivity index (χ3n) is 5.91. The fraction of sp³-hybridized carbons (Fsp3) is 0.400. The van der Waals surface area contributed by atoms with Crippen LogP contribution in [-0.4, -0.2) is 42.8 Å². The molecule has 170 valence electrons. The van der Waals surface area contributed by atoms with Crippen molar-refractivity contribution >= 4 is 18.0 Å². The highest BCUT2D eigenvalue weighted by Gasteiger charge is 2.29. The molecule has 7 nitrogen and oxygen atoms in total. The lowest BCUT2D eigenvalue weighted by molar-refractivity contribution is -0.138. The Bertz CT molecular complexity index is 927. The van der Waals surface area contributed by atoms with Crippen LogP contribution in [0.4, 0.5) is 4.79 Å². The first-order valence-electron chi connectivity index (χ1n) is 10.9. The molecule has 3 rings (SSSR count). The van der Waals surface area contributed by atoms with Crippen LogP contribution in [0.3, 0.4) is 0 Å². The van der Waals surface area contributed by atoms with Crippen LogP contribution >= 0.6 is 0 Å². The average molecular weight is 439 g/mol. The van der Waals surface area contributed by atoms with Crippen molar-refractivity contribution in [3.8, 4) is 11.1 Å². The second-order valence-corrected chi connectivity index (χ2v) is 8.41. The smallest absolute Gasteiger partial charge is 0.407 e. The Hall–Kier alpha value is -3.35. The van der Waals surface area contributed by atoms with Crippen LogP contribution in [0.2, 0.25) is 0 Å². The molecule has 0 bridgehead atoms. The summed E-state index contributed by atoms with van der Waals surface area (Å²) in [7, 11) is 0. The molecular formula is C25H30N2O5. The highest BCUT2D eigenvalue weighted by molar-refractivity contribution is 5.79. The second kappa shape index (κ2) is 10.8. The topological polar surface area (TPSA) is 105 Å². The molecule has 1 aliphatic rings. The lowest BCUT2D eigenvalue weighted by Gasteiger charge is -2.19. The zero-order valence-corrected chi connectivity index (χ0v) is 18.5. The van der Waals surface area contributed by atoms with Gasteiger partial charge in [0.05, 0.1) is 6.42 Å². The summed E-state index contributed by atoms with van der Waals surface area (Å²) in [6, 6.07) is 16.2. The predicted molar refractivity (Wildman–Crippen MR) is 121 cm³/mol. The van der Waals surface area contributed by atoms with Crippen LogP contribution in [0.5, 0.6) is 0 Å². The SMILES string of the molecule is CC(C)C(CNC(=O)CCNC(=O)OCC1c2ccccc2-c2ccccc21)CC(=O)O. The molecule has 1 aliphatic carbocycles. The predicted octanol–water partition coefficient (Wildman–Crippen LogP) is 3.78. The van der Waals surface area contributed by atoms with Crippen molar-refractivity contribution in [3.63, 3.8) is 0 Å². The van der Waals surface area contributed by atoms with E-state index in [2.05, 4.69) is 34.9 Å². The van der Waals surface area contributed by atoms with Gasteiger partial charge in [-0.2, -0.15) is 0 Å². The number of carbonyl (C=O) groups is 3. The number of ether oxygens (including phenoxy) is 1. The van der Waals surface area contributed by atoms with Crippen LogP contribution in [0, 0.1) is 11.8 Å². The molecule has 2 aromatic carbocycles. The lowest BCUT2D eigenvalue weighted by atomic mass is 9.92. The summed E-state index contributed by atoms with van der Waals surface area (Å²) in [6.45, 7) is 4.52. The zero-order chi connectivity index (χ0) is 23.1. The fourth-order valence-electron chi connectivity index (χ4n) is 4.03. The molecule has 3 N–H and O–H groups in total. The van der Waals surface area contributed by atoms with Crippen LogP contribution in [0.15, 0.2) is 48.5 Å². The van der Waals surface area contributed by atoms with Gasteiger partial charge in [-0.05, 0) is 34.1 Å². The third kappa shape index (κ3) is 5.87. The van der Waals surface area contributed by atoms with Gasteiger partial charge >= 0.3 is 12.1 Å². The Morgan fingerprint density at radius 2 is 1.56 bits per heavy atom. The van der Waals surface area contributed by atoms with E-state index >= 15 is 0 Å². The first kappa shape index (κ1) is 23.3. The van der Waals surface area contributed by atoms with Crippen molar-refractivity contribution in [1.29, 1.82) is 0 Å². The fourth-order valence-corrected chi connectivity index (χ4v) is 4.03. The molecule has 2 aromatic rings. The molecule has 0 spiro atoms. The van der Waals surface area contributed by atoms with Gasteiger partial charge in [0.2, 0.25) is 5.91 Å². The number of carbonyl (C=O) groups excluding carboxylic acids is 2. The molecule has 2 amide bonds. The summed E-state index contributed by atoms with van der Waals surface area (Å²) in [5.74, 6) is -1.12. The zero-order valence-electron chi connectivity index (χ0n) is 18.5. The van der Waals surface area contributed by atoms with Gasteiger partial charge in [-0.25, -0.2) is 4.79 Å². The largest absolute Gasteiger partial charge is 0.481 e. The third-order valence-corrected chi connectivity index (χ3v) is 5.91. The Balaban J connectivity index is 1.42. The summed E-state index contributed by atoms with van der Waals surface area (Å²) in [5.41, 5.74) is 4.61. The molecular weight excluding hydrogens is 408 g/mol. The normalized spacial score (nSPS) is 13.2. The number of alkyl carbamates (subject to hydrolysis) is 1. The molecule has 0 saturated heterocycles. The monoisotopic (exact) mass is 438 g/mol. The van der Waals surface area contributed by atoms with E-state index < -0.39 is 12.1 Å². The van der Waals surface area contributed by atoms with Gasteiger partial charge in [0.1, 0.15) is 6.61 Å². The van der Waals surface area contributed by atoms with Crippen molar-refractivity contribution in [3.05, 3.63) is 59.7 Å². The maximum absolute atomic E-state index is 12.2. The molecule has 0 aromatic heterocycles. The van der Waals surface area contributed by atoms with Gasteiger partial charge in [-0.3, -0.25) is 9.59 Å². The number of fused-ring (bicyclic) bond motifs is 3. The van der Waals surface area contributed by atoms with Gasteiger partial charge in [0.25, 0.3) is 0 Å². The van der Waals surface area contributed by atoms with Crippen molar-refractivity contribution in [2.75, 3.05) is 19.7 Å². The number of hydrogen-bond donors (Lipinski definition) is 3. The van der Waals surface area contributed by atoms with E-state index in [9.17, 15) is 14.4 Å². The number of hydrogen-bond acceptors (Lipinski definition) is 4. The molecule has 7 heteroatoms. The Morgan fingerprint density at radius 3 is 2.12 bits per heavy atom. The van der Waals surface area contributed by atoms with Gasteiger partial charge < -0.3 is 20.5 Å². The van der Waals surface area contributed by atoms with Crippen LogP contribution in [0.1, 0.15) is 43.7 Å². The molecule has 0 heterocycles. The molecule has 32 heavy (non-hydrogen) atoms. The Kier molecular flexibility index (Phi) is 7.87. The molecule has 0 saturated carbocycles. The van der Waals surface area contributed by atoms with Crippen molar-refractivity contribution in [2.24, 2.45) is 11.8 Å². The Labute approximate surface area is 188 Å². The number of rotatable bonds is 10. The van der Waals surface area contributed by atoms with Crippen LogP contribution < -0.4 is 10.6 Å². The number of nitrogens with one attached hydrogen (secondary N) is 2. The average Bonchev–Trinajstić information content (AvgIpc) is 3.08. The van der Waals surface area contributed by atoms with E-state index in [-0.39, 0.29) is 49.7 Å². The van der Waals surface area contributed by atoms with E-state index in [1.807, 2.05) is 38.1 Å². The summed E-state index contributed by atoms with van der Waals surface area (Å²) in [6.07, 6.45) is -0.455. The van der Waals surface area contributed by atoms with Crippen molar-refractivity contribution < 1.29 is 24.2 Å². The van der Waals surface area contributed by atoms with Crippen LogP contribution in [0.25, 0.3) is 11.1 Å². The highest BCUT2D eigenvalue weighted by atomic mass is 16.5. The molecule has 0 aliphatic heterocycles. The van der Waals surface area contributed by atoms with E-state index in [0.29, 0.717) is 6.54 Å². The quantitative estimate of drug-likeness (QED) is 0.524. The van der Waals surface area contributed by atoms with Crippen molar-refractivity contribution in [2.45, 2.75) is 32.6 Å². The van der Waals surface area contributed by atoms with Crippen molar-refractivity contribution in [1.82, 2.24) is 10.6 Å². The summed E-state index contributed by atoms with van der Waals surface area (Å²) in [4.78, 5) is 35.1. The minimum atomic E-state index is -0.880. The van der Waals surface area contributed by atoms with Crippen LogP contribution in [-0.2, 0) is 14.3 Å². The summed E-state index contributed by atoms with van der Waals surface area (Å²) < 4.78 is 5.45. The van der Waals surface area contributed by atoms with Gasteiger partial charge in [-0.15, -0.1) is 0 Å². The van der Waals surface area contributed by atoms with E-state index in [0.717, 1.165) is 22.3 Å². The van der Waals surface area contributed by atoms with E-state index in [1.54, 1.807) is 0 Å². The highest BCUT2D eigenvalue weighted by Crippen LogP contribution is 2.44. The first-order valence-corrected chi connectivity index (χ1v) is 10.9.